The van der Waals surface area contributed by atoms with Crippen molar-refractivity contribution in [1.82, 2.24) is 0 Å². The van der Waals surface area contributed by atoms with Crippen molar-refractivity contribution in [3.8, 4) is 0 Å². The Morgan fingerprint density at radius 1 is 1.40 bits per heavy atom. The van der Waals surface area contributed by atoms with Crippen LogP contribution in [-0.4, -0.2) is 21.8 Å². The summed E-state index contributed by atoms with van der Waals surface area (Å²) in [6.07, 6.45) is 5.47. The van der Waals surface area contributed by atoms with Crippen molar-refractivity contribution >= 4 is 9.73 Å². The van der Waals surface area contributed by atoms with Crippen LogP contribution >= 0.6 is 0 Å². The molecule has 0 spiro atoms. The van der Waals surface area contributed by atoms with Gasteiger partial charge in [0.15, 0.2) is 0 Å². The third-order valence-electron chi connectivity index (χ3n) is 3.13. The number of allylic oxidation sites excluding steroid dienone is 1. The van der Waals surface area contributed by atoms with Gasteiger partial charge in [-0.2, -0.15) is 0 Å². The largest absolute Gasteiger partial charge is 0.249 e. The van der Waals surface area contributed by atoms with Crippen molar-refractivity contribution in [3.05, 3.63) is 11.6 Å². The average Bonchev–Trinajstić information content (AvgIpc) is 2.86. The first-order chi connectivity index (χ1) is 6.89. The molecule has 2 rings (SSSR count). The summed E-state index contributed by atoms with van der Waals surface area (Å²) >= 11 is 0. The molecule has 0 saturated heterocycles. The van der Waals surface area contributed by atoms with Gasteiger partial charge in [0.1, 0.15) is 0 Å². The van der Waals surface area contributed by atoms with Gasteiger partial charge in [0.2, 0.25) is 0 Å². The minimum absolute atomic E-state index is 0.236. The van der Waals surface area contributed by atoms with Crippen LogP contribution < -0.4 is 0 Å². The fraction of sp³-hybridized carbons (Fsp3) is 0.833. The zero-order valence-electron chi connectivity index (χ0n) is 9.95. The van der Waals surface area contributed by atoms with E-state index in [0.29, 0.717) is 11.8 Å². The molecule has 86 valence electrons. The van der Waals surface area contributed by atoms with Gasteiger partial charge < -0.3 is 0 Å². The normalized spacial score (nSPS) is 32.3. The Hall–Kier alpha value is -0.310. The molecule has 15 heavy (non-hydrogen) atoms. The second-order valence-corrected chi connectivity index (χ2v) is 8.21. The molecular formula is C12H21NOS. The van der Waals surface area contributed by atoms with Crippen molar-refractivity contribution < 1.29 is 4.21 Å². The maximum Gasteiger partial charge on any atom is 0.0595 e. The molecule has 0 aromatic rings. The van der Waals surface area contributed by atoms with Crippen molar-refractivity contribution in [1.29, 1.82) is 0 Å². The van der Waals surface area contributed by atoms with Gasteiger partial charge in [-0.05, 0) is 24.7 Å². The van der Waals surface area contributed by atoms with Gasteiger partial charge in [0.05, 0.1) is 21.5 Å². The van der Waals surface area contributed by atoms with Crippen LogP contribution in [0.2, 0.25) is 0 Å². The highest BCUT2D eigenvalue weighted by atomic mass is 32.2. The van der Waals surface area contributed by atoms with E-state index in [1.807, 2.05) is 0 Å². The van der Waals surface area contributed by atoms with Crippen LogP contribution in [0.4, 0.5) is 0 Å². The maximum absolute atomic E-state index is 12.3. The van der Waals surface area contributed by atoms with E-state index in [9.17, 15) is 4.21 Å². The van der Waals surface area contributed by atoms with E-state index in [4.69, 9.17) is 0 Å². The summed E-state index contributed by atoms with van der Waals surface area (Å²) in [4.78, 5) is 0. The van der Waals surface area contributed by atoms with Gasteiger partial charge in [0.25, 0.3) is 0 Å². The quantitative estimate of drug-likeness (QED) is 0.633. The lowest BCUT2D eigenvalue weighted by molar-refractivity contribution is 0.485. The van der Waals surface area contributed by atoms with Crippen molar-refractivity contribution in [3.63, 3.8) is 0 Å². The first-order valence-corrected chi connectivity index (χ1v) is 7.65. The predicted molar refractivity (Wildman–Crippen MR) is 65.5 cm³/mol. The summed E-state index contributed by atoms with van der Waals surface area (Å²) in [6.45, 7) is 6.68. The van der Waals surface area contributed by atoms with Gasteiger partial charge >= 0.3 is 0 Å². The molecule has 0 amide bonds. The molecule has 1 heterocycles. The highest BCUT2D eigenvalue weighted by Crippen LogP contribution is 2.33. The van der Waals surface area contributed by atoms with E-state index >= 15 is 0 Å². The Morgan fingerprint density at radius 3 is 2.47 bits per heavy atom. The van der Waals surface area contributed by atoms with E-state index in [0.717, 1.165) is 25.0 Å². The summed E-state index contributed by atoms with van der Waals surface area (Å²) in [7, 11) is -1.87. The summed E-state index contributed by atoms with van der Waals surface area (Å²) < 4.78 is 16.8. The zero-order chi connectivity index (χ0) is 11.1. The van der Waals surface area contributed by atoms with Gasteiger partial charge in [-0.15, -0.1) is 0 Å². The molecule has 1 aliphatic heterocycles. The van der Waals surface area contributed by atoms with E-state index in [1.54, 1.807) is 0 Å². The standard InChI is InChI=1S/C12H21NOS/c1-12(2,3)10-6-8-15(14,9-7-10)13-11-4-5-11/h6,11H,4-5,7-9H2,1-3H3. The Kier molecular flexibility index (Phi) is 2.70. The third kappa shape index (κ3) is 2.83. The molecule has 1 saturated carbocycles. The molecule has 0 bridgehead atoms. The minimum Gasteiger partial charge on any atom is -0.249 e. The molecule has 0 radical (unpaired) electrons. The lowest BCUT2D eigenvalue weighted by Gasteiger charge is -2.27. The van der Waals surface area contributed by atoms with Crippen LogP contribution in [0.5, 0.6) is 0 Å². The molecule has 2 aliphatic rings. The smallest absolute Gasteiger partial charge is 0.0595 e. The van der Waals surface area contributed by atoms with Gasteiger partial charge in [0, 0.05) is 5.75 Å². The number of hydrogen-bond acceptors (Lipinski definition) is 2. The van der Waals surface area contributed by atoms with E-state index < -0.39 is 9.73 Å². The topological polar surface area (TPSA) is 29.4 Å². The lowest BCUT2D eigenvalue weighted by atomic mass is 9.85. The summed E-state index contributed by atoms with van der Waals surface area (Å²) in [5.41, 5.74) is 1.69. The first kappa shape index (κ1) is 11.2. The highest BCUT2D eigenvalue weighted by Gasteiger charge is 2.27. The Bertz CT molecular complexity index is 390. The molecule has 1 aliphatic carbocycles. The van der Waals surface area contributed by atoms with E-state index in [2.05, 4.69) is 31.2 Å². The summed E-state index contributed by atoms with van der Waals surface area (Å²) in [5, 5.41) is 0. The van der Waals surface area contributed by atoms with Gasteiger partial charge in [-0.25, -0.2) is 8.57 Å². The van der Waals surface area contributed by atoms with Gasteiger partial charge in [-0.3, -0.25) is 0 Å². The molecular weight excluding hydrogens is 206 g/mol. The molecule has 1 fully saturated rings. The van der Waals surface area contributed by atoms with Crippen molar-refractivity contribution in [2.24, 2.45) is 9.78 Å². The van der Waals surface area contributed by atoms with E-state index in [-0.39, 0.29) is 5.41 Å². The summed E-state index contributed by atoms with van der Waals surface area (Å²) in [6, 6.07) is 0.432. The number of hydrogen-bond donors (Lipinski definition) is 0. The Morgan fingerprint density at radius 2 is 2.07 bits per heavy atom. The molecule has 2 nitrogen and oxygen atoms in total. The zero-order valence-corrected chi connectivity index (χ0v) is 10.8. The Balaban J connectivity index is 2.14. The second-order valence-electron chi connectivity index (χ2n) is 5.71. The average molecular weight is 227 g/mol. The van der Waals surface area contributed by atoms with Crippen LogP contribution in [0.15, 0.2) is 16.0 Å². The number of nitrogens with zero attached hydrogens (tertiary/aromatic N) is 1. The third-order valence-corrected chi connectivity index (χ3v) is 5.34. The minimum atomic E-state index is -1.87. The molecule has 1 atom stereocenters. The van der Waals surface area contributed by atoms with Crippen molar-refractivity contribution in [2.45, 2.75) is 46.1 Å². The molecule has 0 aromatic carbocycles. The van der Waals surface area contributed by atoms with Crippen LogP contribution in [0.25, 0.3) is 0 Å². The van der Waals surface area contributed by atoms with Crippen LogP contribution in [0.3, 0.4) is 0 Å². The van der Waals surface area contributed by atoms with Crippen molar-refractivity contribution in [2.75, 3.05) is 11.5 Å². The van der Waals surface area contributed by atoms with Gasteiger partial charge in [-0.1, -0.05) is 32.4 Å². The van der Waals surface area contributed by atoms with Crippen LogP contribution in [0, 0.1) is 5.41 Å². The SMILES string of the molecule is CC(C)(C)C1=CCS(=O)(=NC2CC2)CC1. The predicted octanol–water partition coefficient (Wildman–Crippen LogP) is 2.99. The van der Waals surface area contributed by atoms with Crippen LogP contribution in [0.1, 0.15) is 40.0 Å². The Labute approximate surface area is 93.3 Å². The summed E-state index contributed by atoms with van der Waals surface area (Å²) in [5.74, 6) is 1.47. The fourth-order valence-corrected chi connectivity index (χ4v) is 4.03. The van der Waals surface area contributed by atoms with Crippen LogP contribution in [-0.2, 0) is 9.73 Å². The van der Waals surface area contributed by atoms with E-state index in [1.165, 1.54) is 5.57 Å². The molecule has 3 heteroatoms. The lowest BCUT2D eigenvalue weighted by Crippen LogP contribution is -2.22. The fourth-order valence-electron chi connectivity index (χ4n) is 1.91. The molecule has 0 N–H and O–H groups in total. The number of rotatable bonds is 1. The maximum atomic E-state index is 12.3. The monoisotopic (exact) mass is 227 g/mol. The molecule has 1 unspecified atom stereocenters. The second kappa shape index (κ2) is 3.62. The highest BCUT2D eigenvalue weighted by molar-refractivity contribution is 7.93. The first-order valence-electron chi connectivity index (χ1n) is 5.80. The molecule has 0 aromatic heterocycles.